The molecule has 6 aromatic rings. The maximum Gasteiger partial charge on any atom is 0.315 e. The summed E-state index contributed by atoms with van der Waals surface area (Å²) in [7, 11) is 0. The quantitative estimate of drug-likeness (QED) is 0.0154. The van der Waals surface area contributed by atoms with Crippen molar-refractivity contribution in [2.24, 2.45) is 15.4 Å². The standard InChI is InChI=1S/C72H96Cl2N14O12S3/c1-44-46(3)102-69-62(44)64(50-15-19-52(73)20-16-50)79-54(67-85-83-48(5)87(67)69)37-59(90)77-25-27-94-29-31-96-33-35-98-41-72(7,43-100-39-61(92)76-24-12-8-11-23-75-58(89)14-10-9-13-57-66-56(40-101-57)81-71(93)82-66)42-99-36-34-97-32-30-95-28-26-78-60(91)38-55-68-86-84-49(6)88(68)70-63(45(2)47(4)103-70)65(80-55)51-17-21-53(74)22-18-51/h15-22,54-57,66H,8-14,23-43H2,1-7H3,(H,75,89)(H,76,92)(H,77,90)(H,78,91)(H2,81,82,93)/t54-,55+,56-,57-,66-,72?/m0/s1. The molecule has 2 saturated heterocycles. The Morgan fingerprint density at radius 1 is 0.534 bits per heavy atom. The van der Waals surface area contributed by atoms with Gasteiger partial charge in [-0.2, -0.15) is 11.8 Å². The summed E-state index contributed by atoms with van der Waals surface area (Å²) in [5.74, 6) is 2.99. The van der Waals surface area contributed by atoms with Crippen LogP contribution in [0.3, 0.4) is 0 Å². The number of carbonyl (C=O) groups excluding carboxylic acids is 5. The van der Waals surface area contributed by atoms with Gasteiger partial charge in [0.05, 0.1) is 122 Å². The van der Waals surface area contributed by atoms with Gasteiger partial charge in [-0.1, -0.05) is 60.8 Å². The number of aliphatic imine (C=N–C) groups is 2. The van der Waals surface area contributed by atoms with E-state index >= 15 is 0 Å². The minimum Gasteiger partial charge on any atom is -0.378 e. The van der Waals surface area contributed by atoms with Gasteiger partial charge in [-0.3, -0.25) is 38.3 Å². The van der Waals surface area contributed by atoms with E-state index in [2.05, 4.69) is 80.0 Å². The van der Waals surface area contributed by atoms with Gasteiger partial charge in [0.2, 0.25) is 23.6 Å². The number of benzene rings is 2. The van der Waals surface area contributed by atoms with Crippen molar-refractivity contribution in [3.63, 3.8) is 0 Å². The summed E-state index contributed by atoms with van der Waals surface area (Å²) in [4.78, 5) is 76.7. The summed E-state index contributed by atoms with van der Waals surface area (Å²) < 4.78 is 45.5. The lowest BCUT2D eigenvalue weighted by Crippen LogP contribution is -2.37. The highest BCUT2D eigenvalue weighted by Crippen LogP contribution is 2.42. The summed E-state index contributed by atoms with van der Waals surface area (Å²) in [5, 5.41) is 39.3. The molecule has 0 aliphatic carbocycles. The Kier molecular flexibility index (Phi) is 29.9. The average Bonchev–Trinajstić information content (AvgIpc) is 1.60. The molecule has 4 aliphatic heterocycles. The van der Waals surface area contributed by atoms with E-state index < -0.39 is 17.5 Å². The van der Waals surface area contributed by atoms with Crippen LogP contribution >= 0.6 is 57.6 Å². The number of fused-ring (bicyclic) bond motifs is 7. The highest BCUT2D eigenvalue weighted by Gasteiger charge is 2.43. The zero-order valence-electron chi connectivity index (χ0n) is 59.8. The van der Waals surface area contributed by atoms with Crippen LogP contribution in [0.25, 0.3) is 10.0 Å². The monoisotopic (exact) mass is 1510 g/mol. The SMILES string of the molecule is Cc1sc2c(c1C)C(c1ccc(Cl)cc1)=N[C@@H](CC(=O)NCCOCCOCCOCC(C)(COCCOCCOCCNC(=O)C[C@H]1N=C(c3ccc(Cl)cc3)c3c(sc(C)c3C)-n3c(C)nnc31)COCC(=O)NCCCCCNC(=O)CCCC[C@@H]1SC[C@@H]3NC(=O)N[C@@H]31)c1nnc(C)n1-2. The first-order valence-corrected chi connectivity index (χ1v) is 38.8. The van der Waals surface area contributed by atoms with Gasteiger partial charge in [0, 0.05) is 91.1 Å². The number of thiophene rings is 2. The van der Waals surface area contributed by atoms with Gasteiger partial charge in [0.1, 0.15) is 40.3 Å². The van der Waals surface area contributed by atoms with Crippen molar-refractivity contribution in [2.45, 2.75) is 136 Å². The van der Waals surface area contributed by atoms with Crippen LogP contribution in [-0.2, 0) is 52.3 Å². The van der Waals surface area contributed by atoms with E-state index in [1.54, 1.807) is 22.7 Å². The van der Waals surface area contributed by atoms with Crippen molar-refractivity contribution in [3.8, 4) is 10.0 Å². The average molecular weight is 1520 g/mol. The van der Waals surface area contributed by atoms with Crippen LogP contribution in [0, 0.1) is 47.0 Å². The molecule has 0 bridgehead atoms. The van der Waals surface area contributed by atoms with E-state index in [4.69, 9.17) is 66.3 Å². The number of aryl methyl sites for hydroxylation is 4. The van der Waals surface area contributed by atoms with Gasteiger partial charge >= 0.3 is 6.03 Å². The van der Waals surface area contributed by atoms with E-state index in [9.17, 15) is 24.0 Å². The van der Waals surface area contributed by atoms with Crippen LogP contribution in [0.5, 0.6) is 0 Å². The fourth-order valence-corrected chi connectivity index (χ4v) is 16.8. The molecule has 0 radical (unpaired) electrons. The first-order valence-electron chi connectivity index (χ1n) is 35.4. The molecule has 0 saturated carbocycles. The Bertz CT molecular complexity index is 3700. The molecule has 4 aromatic heterocycles. The van der Waals surface area contributed by atoms with Crippen LogP contribution in [-0.4, -0.2) is 212 Å². The number of hydrogen-bond acceptors (Lipinski definition) is 21. The highest BCUT2D eigenvalue weighted by atomic mass is 35.5. The van der Waals surface area contributed by atoms with Crippen LogP contribution in [0.4, 0.5) is 4.79 Å². The van der Waals surface area contributed by atoms with Gasteiger partial charge in [-0.15, -0.1) is 43.1 Å². The Morgan fingerprint density at radius 2 is 0.981 bits per heavy atom. The van der Waals surface area contributed by atoms with Crippen molar-refractivity contribution in [1.29, 1.82) is 0 Å². The second kappa shape index (κ2) is 39.0. The summed E-state index contributed by atoms with van der Waals surface area (Å²) in [5.41, 5.74) is 6.93. The smallest absolute Gasteiger partial charge is 0.315 e. The molecule has 2 fully saturated rings. The van der Waals surface area contributed by atoms with Gasteiger partial charge < -0.3 is 65.1 Å². The number of thioether (sulfide) groups is 1. The van der Waals surface area contributed by atoms with Crippen LogP contribution in [0.15, 0.2) is 58.5 Å². The summed E-state index contributed by atoms with van der Waals surface area (Å²) in [6.45, 7) is 19.3. The minimum absolute atomic E-state index is 0.0463. The van der Waals surface area contributed by atoms with Gasteiger partial charge in [0.15, 0.2) is 11.6 Å². The summed E-state index contributed by atoms with van der Waals surface area (Å²) in [6.07, 6.45) is 5.74. The largest absolute Gasteiger partial charge is 0.378 e. The fourth-order valence-electron chi connectivity index (χ4n) is 12.6. The minimum atomic E-state index is -0.635. The van der Waals surface area contributed by atoms with Crippen molar-refractivity contribution < 1.29 is 57.1 Å². The molecule has 103 heavy (non-hydrogen) atoms. The van der Waals surface area contributed by atoms with Crippen molar-refractivity contribution in [1.82, 2.24) is 61.4 Å². The number of carbonyl (C=O) groups is 5. The number of nitrogens with one attached hydrogen (secondary N) is 6. The number of rotatable bonds is 43. The normalized spacial score (nSPS) is 17.9. The number of ether oxygens (including phenoxy) is 7. The topological polar surface area (TPSA) is 308 Å². The molecule has 6 amide bonds. The van der Waals surface area contributed by atoms with Crippen LogP contribution in [0.1, 0.15) is 143 Å². The third kappa shape index (κ3) is 22.0. The van der Waals surface area contributed by atoms with Crippen molar-refractivity contribution in [3.05, 3.63) is 125 Å². The maximum absolute atomic E-state index is 13.5. The molecule has 0 spiro atoms. The zero-order chi connectivity index (χ0) is 72.8. The number of hydrogen-bond donors (Lipinski definition) is 6. The highest BCUT2D eigenvalue weighted by molar-refractivity contribution is 8.00. The van der Waals surface area contributed by atoms with E-state index in [0.717, 1.165) is 109 Å². The first-order chi connectivity index (χ1) is 49.8. The molecule has 8 heterocycles. The fraction of sp³-hybridized carbons (Fsp3) is 0.569. The maximum atomic E-state index is 13.5. The number of urea groups is 1. The molecule has 6 N–H and O–H groups in total. The second-order valence-electron chi connectivity index (χ2n) is 26.4. The van der Waals surface area contributed by atoms with E-state index in [-0.39, 0.29) is 107 Å². The lowest BCUT2D eigenvalue weighted by molar-refractivity contribution is -0.129. The number of aromatic nitrogens is 6. The third-order valence-electron chi connectivity index (χ3n) is 18.3. The molecule has 2 aromatic carbocycles. The summed E-state index contributed by atoms with van der Waals surface area (Å²) >= 11 is 17.8. The molecule has 26 nitrogen and oxygen atoms in total. The molecular weight excluding hydrogens is 1420 g/mol. The Morgan fingerprint density at radius 3 is 1.48 bits per heavy atom. The summed E-state index contributed by atoms with van der Waals surface area (Å²) in [6, 6.07) is 14.3. The molecule has 10 rings (SSSR count). The number of nitrogens with zero attached hydrogens (tertiary/aromatic N) is 8. The number of halogens is 2. The third-order valence-corrected chi connectivity index (χ3v) is 22.7. The predicted octanol–water partition coefficient (Wildman–Crippen LogP) is 8.88. The second-order valence-corrected chi connectivity index (χ2v) is 31.0. The van der Waals surface area contributed by atoms with Crippen molar-refractivity contribution in [2.75, 3.05) is 124 Å². The predicted molar refractivity (Wildman–Crippen MR) is 399 cm³/mol. The Hall–Kier alpha value is -6.74. The van der Waals surface area contributed by atoms with E-state index in [1.807, 2.05) is 90.2 Å². The Balaban J connectivity index is 0.602. The van der Waals surface area contributed by atoms with Gasteiger partial charge in [0.25, 0.3) is 0 Å². The molecule has 6 atom stereocenters. The molecule has 31 heteroatoms. The lowest BCUT2D eigenvalue weighted by atomic mass is 9.94. The lowest BCUT2D eigenvalue weighted by Gasteiger charge is -2.29. The van der Waals surface area contributed by atoms with Gasteiger partial charge in [-0.05, 0) is 109 Å². The molecule has 4 aliphatic rings. The Labute approximate surface area is 624 Å². The molecule has 558 valence electrons. The van der Waals surface area contributed by atoms with Gasteiger partial charge in [-0.25, -0.2) is 4.79 Å². The molecular formula is C72H96Cl2N14O12S3. The van der Waals surface area contributed by atoms with Crippen LogP contribution in [0.2, 0.25) is 10.0 Å². The first kappa shape index (κ1) is 78.8. The van der Waals surface area contributed by atoms with Crippen LogP contribution < -0.4 is 31.9 Å². The number of amides is 6. The van der Waals surface area contributed by atoms with E-state index in [1.165, 1.54) is 0 Å². The zero-order valence-corrected chi connectivity index (χ0v) is 63.7. The number of unbranched alkanes of at least 4 members (excludes halogenated alkanes) is 3. The van der Waals surface area contributed by atoms with Crippen molar-refractivity contribution >= 4 is 98.7 Å². The molecule has 1 unspecified atom stereocenters. The van der Waals surface area contributed by atoms with E-state index in [0.29, 0.717) is 111 Å².